The lowest BCUT2D eigenvalue weighted by atomic mass is 10.1. The van der Waals surface area contributed by atoms with Crippen molar-refractivity contribution in [1.82, 2.24) is 0 Å². The maximum atomic E-state index is 2.51. The minimum Gasteiger partial charge on any atom is -0.352 e. The fourth-order valence-corrected chi connectivity index (χ4v) is 3.56. The normalized spacial score (nSPS) is 14.9. The Morgan fingerprint density at radius 1 is 0.619 bits per heavy atom. The highest BCUT2D eigenvalue weighted by Crippen LogP contribution is 2.31. The van der Waals surface area contributed by atoms with Crippen LogP contribution in [0.5, 0.6) is 0 Å². The summed E-state index contributed by atoms with van der Waals surface area (Å²) in [6.45, 7) is 12.0. The molecule has 0 radical (unpaired) electrons. The van der Waals surface area contributed by atoms with Crippen molar-refractivity contribution in [2.45, 2.75) is 27.7 Å². The zero-order valence-corrected chi connectivity index (χ0v) is 13.5. The van der Waals surface area contributed by atoms with Gasteiger partial charge in [0.15, 0.2) is 0 Å². The number of rotatable bonds is 2. The molecular weight excluding hydrogens is 256 g/mol. The third-order valence-electron chi connectivity index (χ3n) is 4.49. The Labute approximate surface area is 128 Å². The molecule has 1 saturated heterocycles. The average molecular weight is 280 g/mol. The summed E-state index contributed by atoms with van der Waals surface area (Å²) >= 11 is 0. The fraction of sp³-hybridized carbons (Fsp3) is 0.368. The van der Waals surface area contributed by atoms with E-state index in [0.717, 1.165) is 19.8 Å². The summed E-state index contributed by atoms with van der Waals surface area (Å²) in [5.41, 5.74) is 8.31. The van der Waals surface area contributed by atoms with Crippen molar-refractivity contribution in [2.75, 3.05) is 29.6 Å². The Kier molecular flexibility index (Phi) is 3.62. The Bertz CT molecular complexity index is 563. The Hall–Kier alpha value is -1.96. The van der Waals surface area contributed by atoms with Crippen LogP contribution in [0.15, 0.2) is 36.4 Å². The molecule has 1 heterocycles. The molecule has 0 aliphatic carbocycles. The van der Waals surface area contributed by atoms with Crippen molar-refractivity contribution >= 4 is 11.4 Å². The third-order valence-corrected chi connectivity index (χ3v) is 4.49. The number of hydrogen-bond donors (Lipinski definition) is 0. The maximum Gasteiger partial charge on any atom is 0.0904 e. The van der Waals surface area contributed by atoms with Crippen LogP contribution >= 0.6 is 0 Å². The van der Waals surface area contributed by atoms with E-state index < -0.39 is 0 Å². The summed E-state index contributed by atoms with van der Waals surface area (Å²) in [6.07, 6.45) is 0. The molecule has 0 N–H and O–H groups in total. The van der Waals surface area contributed by atoms with Gasteiger partial charge in [0, 0.05) is 24.5 Å². The number of aryl methyl sites for hydroxylation is 4. The standard InChI is InChI=1S/C19H24N2/c1-14-7-5-8-15(2)18(14)20-11-12-21(13-20)19-16(3)9-6-10-17(19)4/h5-10H,11-13H2,1-4H3. The minimum absolute atomic E-state index is 0.984. The van der Waals surface area contributed by atoms with Crippen LogP contribution in [-0.2, 0) is 0 Å². The fourth-order valence-electron chi connectivity index (χ4n) is 3.56. The first-order chi connectivity index (χ1) is 10.1. The van der Waals surface area contributed by atoms with Gasteiger partial charge in [-0.1, -0.05) is 36.4 Å². The van der Waals surface area contributed by atoms with Gasteiger partial charge in [0.05, 0.1) is 6.67 Å². The van der Waals surface area contributed by atoms with Gasteiger partial charge in [0.1, 0.15) is 0 Å². The monoisotopic (exact) mass is 280 g/mol. The van der Waals surface area contributed by atoms with E-state index in [-0.39, 0.29) is 0 Å². The van der Waals surface area contributed by atoms with Crippen LogP contribution in [0, 0.1) is 27.7 Å². The molecule has 0 saturated carbocycles. The van der Waals surface area contributed by atoms with Gasteiger partial charge in [-0.25, -0.2) is 0 Å². The highest BCUT2D eigenvalue weighted by atomic mass is 15.4. The Morgan fingerprint density at radius 2 is 0.952 bits per heavy atom. The number of anilines is 2. The number of nitrogens with zero attached hydrogens (tertiary/aromatic N) is 2. The minimum atomic E-state index is 0.984. The summed E-state index contributed by atoms with van der Waals surface area (Å²) in [7, 11) is 0. The molecule has 2 aromatic carbocycles. The third kappa shape index (κ3) is 2.51. The zero-order valence-electron chi connectivity index (χ0n) is 13.5. The average Bonchev–Trinajstić information content (AvgIpc) is 2.87. The van der Waals surface area contributed by atoms with Crippen molar-refractivity contribution in [3.8, 4) is 0 Å². The maximum absolute atomic E-state index is 2.51. The molecule has 0 amide bonds. The van der Waals surface area contributed by atoms with Crippen LogP contribution in [0.25, 0.3) is 0 Å². The molecule has 2 nitrogen and oxygen atoms in total. The van der Waals surface area contributed by atoms with Gasteiger partial charge in [0.2, 0.25) is 0 Å². The van der Waals surface area contributed by atoms with Gasteiger partial charge in [-0.2, -0.15) is 0 Å². The lowest BCUT2D eigenvalue weighted by Gasteiger charge is -2.26. The predicted molar refractivity (Wildman–Crippen MR) is 91.4 cm³/mol. The molecule has 0 bridgehead atoms. The summed E-state index contributed by atoms with van der Waals surface area (Å²) in [6, 6.07) is 13.1. The molecular formula is C19H24N2. The molecule has 2 heteroatoms. The first-order valence-electron chi connectivity index (χ1n) is 7.70. The van der Waals surface area contributed by atoms with Gasteiger partial charge in [0.25, 0.3) is 0 Å². The van der Waals surface area contributed by atoms with Crippen LogP contribution < -0.4 is 9.80 Å². The molecule has 0 atom stereocenters. The van der Waals surface area contributed by atoms with E-state index in [2.05, 4.69) is 73.9 Å². The van der Waals surface area contributed by atoms with Crippen LogP contribution in [0.1, 0.15) is 22.3 Å². The molecule has 21 heavy (non-hydrogen) atoms. The molecule has 110 valence electrons. The van der Waals surface area contributed by atoms with Gasteiger partial charge < -0.3 is 9.80 Å². The second-order valence-corrected chi connectivity index (χ2v) is 6.15. The summed E-state index contributed by atoms with van der Waals surface area (Å²) in [5, 5.41) is 0. The van der Waals surface area contributed by atoms with Crippen molar-refractivity contribution < 1.29 is 0 Å². The smallest absolute Gasteiger partial charge is 0.0904 e. The molecule has 0 unspecified atom stereocenters. The first-order valence-corrected chi connectivity index (χ1v) is 7.70. The SMILES string of the molecule is Cc1cccc(C)c1N1CCN(c2c(C)cccc2C)C1. The quantitative estimate of drug-likeness (QED) is 0.813. The van der Waals surface area contributed by atoms with Crippen LogP contribution in [-0.4, -0.2) is 19.8 Å². The topological polar surface area (TPSA) is 6.48 Å². The van der Waals surface area contributed by atoms with E-state index in [1.165, 1.54) is 33.6 Å². The number of para-hydroxylation sites is 2. The molecule has 0 aromatic heterocycles. The van der Waals surface area contributed by atoms with E-state index in [0.29, 0.717) is 0 Å². The van der Waals surface area contributed by atoms with Crippen LogP contribution in [0.3, 0.4) is 0 Å². The van der Waals surface area contributed by atoms with Gasteiger partial charge in [-0.15, -0.1) is 0 Å². The number of hydrogen-bond acceptors (Lipinski definition) is 2. The van der Waals surface area contributed by atoms with E-state index in [4.69, 9.17) is 0 Å². The zero-order chi connectivity index (χ0) is 15.0. The van der Waals surface area contributed by atoms with E-state index in [1.54, 1.807) is 0 Å². The lowest BCUT2D eigenvalue weighted by molar-refractivity contribution is 0.931. The molecule has 2 aromatic rings. The second-order valence-electron chi connectivity index (χ2n) is 6.15. The van der Waals surface area contributed by atoms with Crippen molar-refractivity contribution in [1.29, 1.82) is 0 Å². The van der Waals surface area contributed by atoms with Crippen molar-refractivity contribution in [3.05, 3.63) is 58.7 Å². The van der Waals surface area contributed by atoms with Gasteiger partial charge in [-0.05, 0) is 49.9 Å². The van der Waals surface area contributed by atoms with E-state index >= 15 is 0 Å². The molecule has 1 aliphatic rings. The number of benzene rings is 2. The summed E-state index contributed by atoms with van der Waals surface area (Å²) in [5.74, 6) is 0. The first kappa shape index (κ1) is 14.0. The molecule has 1 aliphatic heterocycles. The van der Waals surface area contributed by atoms with Crippen LogP contribution in [0.4, 0.5) is 11.4 Å². The molecule has 1 fully saturated rings. The highest BCUT2D eigenvalue weighted by Gasteiger charge is 2.24. The summed E-state index contributed by atoms with van der Waals surface area (Å²) < 4.78 is 0. The highest BCUT2D eigenvalue weighted by molar-refractivity contribution is 5.65. The van der Waals surface area contributed by atoms with Crippen LogP contribution in [0.2, 0.25) is 0 Å². The Balaban J connectivity index is 1.89. The predicted octanol–water partition coefficient (Wildman–Crippen LogP) is 4.20. The summed E-state index contributed by atoms with van der Waals surface area (Å²) in [4.78, 5) is 5.02. The molecule has 3 rings (SSSR count). The van der Waals surface area contributed by atoms with E-state index in [1.807, 2.05) is 0 Å². The molecule has 0 spiro atoms. The van der Waals surface area contributed by atoms with Gasteiger partial charge in [-0.3, -0.25) is 0 Å². The van der Waals surface area contributed by atoms with Crippen molar-refractivity contribution in [2.24, 2.45) is 0 Å². The lowest BCUT2D eigenvalue weighted by Crippen LogP contribution is -2.27. The Morgan fingerprint density at radius 3 is 1.29 bits per heavy atom. The second kappa shape index (κ2) is 5.44. The van der Waals surface area contributed by atoms with Gasteiger partial charge >= 0.3 is 0 Å². The van der Waals surface area contributed by atoms with E-state index in [9.17, 15) is 0 Å². The van der Waals surface area contributed by atoms with Crippen molar-refractivity contribution in [3.63, 3.8) is 0 Å². The largest absolute Gasteiger partial charge is 0.352 e.